The lowest BCUT2D eigenvalue weighted by Gasteiger charge is -2.23. The molecule has 2 amide bonds. The van der Waals surface area contributed by atoms with Gasteiger partial charge in [0.25, 0.3) is 17.4 Å². The van der Waals surface area contributed by atoms with E-state index in [-0.39, 0.29) is 36.2 Å². The van der Waals surface area contributed by atoms with Crippen molar-refractivity contribution in [2.75, 3.05) is 20.2 Å². The molecule has 2 aliphatic heterocycles. The molecule has 0 saturated heterocycles. The molecular formula is C25H25N3O6. The van der Waals surface area contributed by atoms with E-state index in [0.29, 0.717) is 42.9 Å². The maximum Gasteiger partial charge on any atom is 0.264 e. The lowest BCUT2D eigenvalue weighted by molar-refractivity contribution is -0.137. The number of carbonyl (C=O) groups excluding carboxylic acids is 2. The maximum atomic E-state index is 13.2. The molecule has 0 fully saturated rings. The van der Waals surface area contributed by atoms with Gasteiger partial charge in [0.2, 0.25) is 0 Å². The number of hydrogen-bond acceptors (Lipinski definition) is 6. The zero-order valence-electron chi connectivity index (χ0n) is 18.8. The highest BCUT2D eigenvalue weighted by atomic mass is 16.5. The fraction of sp³-hybridized carbons (Fsp3) is 0.320. The minimum atomic E-state index is -0.582. The van der Waals surface area contributed by atoms with E-state index in [1.54, 1.807) is 21.6 Å². The Balaban J connectivity index is 1.36. The molecule has 0 spiro atoms. The summed E-state index contributed by atoms with van der Waals surface area (Å²) in [6.07, 6.45) is 1.81. The van der Waals surface area contributed by atoms with E-state index >= 15 is 0 Å². The van der Waals surface area contributed by atoms with Gasteiger partial charge in [-0.25, -0.2) is 0 Å². The monoisotopic (exact) mass is 463 g/mol. The Morgan fingerprint density at radius 3 is 2.76 bits per heavy atom. The predicted molar refractivity (Wildman–Crippen MR) is 122 cm³/mol. The lowest BCUT2D eigenvalue weighted by Crippen LogP contribution is -2.43. The van der Waals surface area contributed by atoms with Crippen molar-refractivity contribution in [3.63, 3.8) is 0 Å². The molecule has 0 saturated carbocycles. The molecule has 1 N–H and O–H groups in total. The fourth-order valence-electron chi connectivity index (χ4n) is 4.57. The number of amides is 2. The third-order valence-electron chi connectivity index (χ3n) is 6.28. The summed E-state index contributed by atoms with van der Waals surface area (Å²) in [5.41, 5.74) is 1.59. The Morgan fingerprint density at radius 1 is 1.15 bits per heavy atom. The highest BCUT2D eigenvalue weighted by Crippen LogP contribution is 2.29. The molecule has 9 nitrogen and oxygen atoms in total. The third kappa shape index (κ3) is 4.05. The van der Waals surface area contributed by atoms with E-state index in [0.717, 1.165) is 11.3 Å². The summed E-state index contributed by atoms with van der Waals surface area (Å²) in [6.45, 7) is 1.20. The van der Waals surface area contributed by atoms with Gasteiger partial charge >= 0.3 is 0 Å². The van der Waals surface area contributed by atoms with Crippen LogP contribution in [-0.4, -0.2) is 47.6 Å². The van der Waals surface area contributed by atoms with Gasteiger partial charge in [-0.1, -0.05) is 18.2 Å². The average Bonchev–Trinajstić information content (AvgIpc) is 3.47. The zero-order chi connectivity index (χ0) is 23.7. The Kier molecular flexibility index (Phi) is 5.83. The van der Waals surface area contributed by atoms with Gasteiger partial charge in [-0.2, -0.15) is 0 Å². The summed E-state index contributed by atoms with van der Waals surface area (Å²) in [4.78, 5) is 40.9. The maximum absolute atomic E-state index is 13.2. The molecule has 3 aromatic rings. The van der Waals surface area contributed by atoms with Crippen LogP contribution in [0, 0.1) is 0 Å². The van der Waals surface area contributed by atoms with Crippen LogP contribution in [0.5, 0.6) is 11.5 Å². The van der Waals surface area contributed by atoms with Crippen molar-refractivity contribution in [1.29, 1.82) is 0 Å². The quantitative estimate of drug-likeness (QED) is 0.619. The Hall–Kier alpha value is -4.01. The van der Waals surface area contributed by atoms with Crippen molar-refractivity contribution in [2.24, 2.45) is 0 Å². The van der Waals surface area contributed by atoms with Gasteiger partial charge in [0.1, 0.15) is 22.8 Å². The van der Waals surface area contributed by atoms with Gasteiger partial charge in [0.15, 0.2) is 6.10 Å². The minimum absolute atomic E-state index is 0.118. The molecule has 0 radical (unpaired) electrons. The Labute approximate surface area is 195 Å². The predicted octanol–water partition coefficient (Wildman–Crippen LogP) is 1.77. The number of fused-ring (bicyclic) bond motifs is 2. The van der Waals surface area contributed by atoms with Crippen LogP contribution in [0.15, 0.2) is 57.9 Å². The number of aromatic nitrogens is 1. The molecule has 34 heavy (non-hydrogen) atoms. The molecule has 2 aliphatic rings. The number of rotatable bonds is 5. The minimum Gasteiger partial charge on any atom is -0.496 e. The zero-order valence-corrected chi connectivity index (χ0v) is 18.8. The molecule has 1 aromatic carbocycles. The number of para-hydroxylation sites is 1. The van der Waals surface area contributed by atoms with Gasteiger partial charge in [-0.05, 0) is 23.8 Å². The number of methoxy groups -OCH3 is 1. The molecular weight excluding hydrogens is 438 g/mol. The normalized spacial score (nSPS) is 16.7. The van der Waals surface area contributed by atoms with Gasteiger partial charge in [-0.15, -0.1) is 0 Å². The van der Waals surface area contributed by atoms with Crippen molar-refractivity contribution in [3.8, 4) is 11.5 Å². The number of hydrogen-bond donors (Lipinski definition) is 1. The smallest absolute Gasteiger partial charge is 0.264 e. The molecule has 2 aromatic heterocycles. The summed E-state index contributed by atoms with van der Waals surface area (Å²) in [6, 6.07) is 12.5. The topological polar surface area (TPSA) is 103 Å². The molecule has 176 valence electrons. The number of nitrogens with zero attached hydrogens (tertiary/aromatic N) is 2. The van der Waals surface area contributed by atoms with E-state index in [1.807, 2.05) is 24.3 Å². The van der Waals surface area contributed by atoms with Crippen LogP contribution < -0.4 is 20.3 Å². The van der Waals surface area contributed by atoms with Crippen LogP contribution in [0.2, 0.25) is 0 Å². The summed E-state index contributed by atoms with van der Waals surface area (Å²) in [5, 5.41) is 2.83. The average molecular weight is 463 g/mol. The molecule has 0 aliphatic carbocycles. The van der Waals surface area contributed by atoms with Crippen molar-refractivity contribution in [2.45, 2.75) is 32.0 Å². The molecule has 5 rings (SSSR count). The van der Waals surface area contributed by atoms with Crippen molar-refractivity contribution < 1.29 is 23.5 Å². The van der Waals surface area contributed by atoms with E-state index in [9.17, 15) is 14.4 Å². The van der Waals surface area contributed by atoms with Crippen LogP contribution in [0.1, 0.15) is 27.4 Å². The molecule has 9 heteroatoms. The summed E-state index contributed by atoms with van der Waals surface area (Å²) >= 11 is 0. The fourth-order valence-corrected chi connectivity index (χ4v) is 4.57. The van der Waals surface area contributed by atoms with Crippen molar-refractivity contribution >= 4 is 11.8 Å². The number of benzene rings is 1. The van der Waals surface area contributed by atoms with Gasteiger partial charge in [0, 0.05) is 44.2 Å². The van der Waals surface area contributed by atoms with Gasteiger partial charge < -0.3 is 28.7 Å². The van der Waals surface area contributed by atoms with E-state index in [2.05, 4.69) is 5.32 Å². The molecule has 1 unspecified atom stereocenters. The van der Waals surface area contributed by atoms with Crippen LogP contribution in [-0.2, 0) is 30.7 Å². The van der Waals surface area contributed by atoms with E-state index in [1.165, 1.54) is 19.4 Å². The first-order chi connectivity index (χ1) is 16.5. The van der Waals surface area contributed by atoms with Gasteiger partial charge in [0.05, 0.1) is 19.9 Å². The van der Waals surface area contributed by atoms with Gasteiger partial charge in [-0.3, -0.25) is 14.4 Å². The summed E-state index contributed by atoms with van der Waals surface area (Å²) in [5.74, 6) is 1.07. The highest BCUT2D eigenvalue weighted by molar-refractivity contribution is 5.98. The molecule has 0 bridgehead atoms. The standard InChI is InChI=1S/C25H25N3O6/c1-32-20-14-22(29)28-11-10-27(25(31)21-13-16-5-2-3-7-19(16)34-21)9-8-18(28)23(20)24(30)26-15-17-6-4-12-33-17/h2-7,12,14,21H,8-11,13,15H2,1H3,(H,26,30). The number of furan rings is 1. The van der Waals surface area contributed by atoms with Crippen LogP contribution in [0.4, 0.5) is 0 Å². The molecule has 1 atom stereocenters. The number of ether oxygens (including phenoxy) is 2. The first-order valence-corrected chi connectivity index (χ1v) is 11.2. The second-order valence-corrected chi connectivity index (χ2v) is 8.28. The Morgan fingerprint density at radius 2 is 2.00 bits per heavy atom. The second kappa shape index (κ2) is 9.09. The van der Waals surface area contributed by atoms with Crippen LogP contribution >= 0.6 is 0 Å². The lowest BCUT2D eigenvalue weighted by atomic mass is 10.1. The SMILES string of the molecule is COc1cc(=O)n2c(c1C(=O)NCc1ccco1)CCN(C(=O)C1Cc3ccccc3O1)CC2. The van der Waals surface area contributed by atoms with Crippen molar-refractivity contribution in [1.82, 2.24) is 14.8 Å². The van der Waals surface area contributed by atoms with Crippen LogP contribution in [0.25, 0.3) is 0 Å². The summed E-state index contributed by atoms with van der Waals surface area (Å²) < 4.78 is 18.1. The Bertz CT molecular complexity index is 1260. The van der Waals surface area contributed by atoms with Crippen LogP contribution in [0.3, 0.4) is 0 Å². The first-order valence-electron chi connectivity index (χ1n) is 11.2. The number of nitrogens with one attached hydrogen (secondary N) is 1. The molecule has 4 heterocycles. The van der Waals surface area contributed by atoms with E-state index in [4.69, 9.17) is 13.9 Å². The largest absolute Gasteiger partial charge is 0.496 e. The second-order valence-electron chi connectivity index (χ2n) is 8.28. The first kappa shape index (κ1) is 21.8. The number of pyridine rings is 1. The van der Waals surface area contributed by atoms with E-state index < -0.39 is 6.10 Å². The third-order valence-corrected chi connectivity index (χ3v) is 6.28. The van der Waals surface area contributed by atoms with Crippen molar-refractivity contribution in [3.05, 3.63) is 81.7 Å². The summed E-state index contributed by atoms with van der Waals surface area (Å²) in [7, 11) is 1.43. The number of carbonyl (C=O) groups is 2. The highest BCUT2D eigenvalue weighted by Gasteiger charge is 2.34.